The summed E-state index contributed by atoms with van der Waals surface area (Å²) in [5.41, 5.74) is -7.71. The molecule has 2 aromatic rings. The van der Waals surface area contributed by atoms with Crippen LogP contribution in [0.1, 0.15) is 178 Å². The molecule has 0 saturated heterocycles. The van der Waals surface area contributed by atoms with Gasteiger partial charge in [-0.25, -0.2) is 14.4 Å². The van der Waals surface area contributed by atoms with E-state index >= 15 is 0 Å². The summed E-state index contributed by atoms with van der Waals surface area (Å²) in [5.74, 6) is 13.3. The predicted molar refractivity (Wildman–Crippen MR) is 308 cm³/mol. The third-order valence-corrected chi connectivity index (χ3v) is 13.0. The van der Waals surface area contributed by atoms with Crippen LogP contribution < -0.4 is 0 Å². The fourth-order valence-electron chi connectivity index (χ4n) is 8.59. The van der Waals surface area contributed by atoms with Crippen LogP contribution in [0.5, 0.6) is 0 Å². The topological polar surface area (TPSA) is 108 Å². The van der Waals surface area contributed by atoms with Gasteiger partial charge in [0, 0.05) is 37.7 Å². The lowest BCUT2D eigenvalue weighted by molar-refractivity contribution is -0.277. The van der Waals surface area contributed by atoms with Gasteiger partial charge >= 0.3 is 30.3 Å². The van der Waals surface area contributed by atoms with Crippen molar-refractivity contribution in [1.82, 2.24) is 0 Å². The molecular formula is C67H82F6O8. The van der Waals surface area contributed by atoms with Crippen LogP contribution in [0.4, 0.5) is 26.3 Å². The van der Waals surface area contributed by atoms with Gasteiger partial charge in [-0.3, -0.25) is 0 Å². The van der Waals surface area contributed by atoms with Crippen molar-refractivity contribution in [2.75, 3.05) is 14.2 Å². The Hall–Kier alpha value is -6.71. The zero-order valence-corrected chi connectivity index (χ0v) is 47.2. The lowest BCUT2D eigenvalue weighted by Gasteiger charge is -2.32. The molecule has 0 heterocycles. The highest BCUT2D eigenvalue weighted by atomic mass is 19.4. The zero-order chi connectivity index (χ0) is 59.3. The minimum absolute atomic E-state index is 0.319. The van der Waals surface area contributed by atoms with Crippen LogP contribution in [0.2, 0.25) is 0 Å². The summed E-state index contributed by atoms with van der Waals surface area (Å²) in [7, 11) is 1.55. The van der Waals surface area contributed by atoms with Crippen molar-refractivity contribution >= 4 is 17.9 Å². The number of rotatable bonds is 38. The van der Waals surface area contributed by atoms with Gasteiger partial charge in [0.1, 0.15) is 0 Å². The number of carboxylic acid groups (broad SMARTS) is 1. The number of alkyl halides is 6. The molecule has 440 valence electrons. The van der Waals surface area contributed by atoms with Crippen molar-refractivity contribution in [2.45, 2.75) is 203 Å². The summed E-state index contributed by atoms with van der Waals surface area (Å²) in [5, 5.41) is 8.48. The molecule has 0 spiro atoms. The second-order valence-electron chi connectivity index (χ2n) is 19.3. The van der Waals surface area contributed by atoms with Gasteiger partial charge in [0.25, 0.3) is 11.2 Å². The molecule has 4 atom stereocenters. The predicted octanol–water partition coefficient (Wildman–Crippen LogP) is 16.7. The number of aliphatic carboxylic acids is 1. The number of hydrogen-bond acceptors (Lipinski definition) is 7. The van der Waals surface area contributed by atoms with E-state index in [-0.39, 0.29) is 0 Å². The largest absolute Gasteiger partial charge is 0.472 e. The minimum Gasteiger partial charge on any atom is -0.472 e. The summed E-state index contributed by atoms with van der Waals surface area (Å²) < 4.78 is 107. The maximum Gasteiger partial charge on any atom is 0.432 e. The first-order valence-corrected chi connectivity index (χ1v) is 28.3. The highest BCUT2D eigenvalue weighted by Gasteiger charge is 2.65. The number of allylic oxidation sites excluding steroid dienone is 9. The average molecular weight is 1130 g/mol. The first-order chi connectivity index (χ1) is 39.1. The summed E-state index contributed by atoms with van der Waals surface area (Å²) in [6, 6.07) is 12.9. The quantitative estimate of drug-likeness (QED) is 0.0233. The van der Waals surface area contributed by atoms with Gasteiger partial charge in [-0.05, 0) is 114 Å². The smallest absolute Gasteiger partial charge is 0.432 e. The van der Waals surface area contributed by atoms with Gasteiger partial charge in [-0.15, -0.1) is 6.42 Å². The molecule has 0 fully saturated rings. The highest BCUT2D eigenvalue weighted by Crippen LogP contribution is 2.44. The summed E-state index contributed by atoms with van der Waals surface area (Å²) in [4.78, 5) is 36.7. The van der Waals surface area contributed by atoms with Crippen molar-refractivity contribution < 1.29 is 64.8 Å². The average Bonchev–Trinajstić information content (AvgIpc) is 3.64. The van der Waals surface area contributed by atoms with E-state index < -0.39 is 64.8 Å². The van der Waals surface area contributed by atoms with Gasteiger partial charge in [0.15, 0.2) is 6.10 Å². The van der Waals surface area contributed by atoms with Crippen LogP contribution in [0, 0.1) is 47.9 Å². The van der Waals surface area contributed by atoms with Crippen LogP contribution in [-0.2, 0) is 44.5 Å². The molecule has 0 radical (unpaired) electrons. The van der Waals surface area contributed by atoms with Crippen molar-refractivity contribution in [2.24, 2.45) is 0 Å². The monoisotopic (exact) mass is 1130 g/mol. The molecule has 14 heteroatoms. The number of methoxy groups -OCH3 is 2. The fraction of sp³-hybridized carbons (Fsp3) is 0.507. The van der Waals surface area contributed by atoms with Gasteiger partial charge in [-0.1, -0.05) is 204 Å². The summed E-state index contributed by atoms with van der Waals surface area (Å²) in [6.45, 7) is 0. The second-order valence-corrected chi connectivity index (χ2v) is 19.3. The Bertz CT molecular complexity index is 2490. The summed E-state index contributed by atoms with van der Waals surface area (Å²) in [6.07, 6.45) is 37.5. The summed E-state index contributed by atoms with van der Waals surface area (Å²) >= 11 is 0. The first-order valence-electron chi connectivity index (χ1n) is 28.3. The van der Waals surface area contributed by atoms with E-state index in [4.69, 9.17) is 30.5 Å². The number of hydrogen-bond donors (Lipinski definition) is 1. The number of carboxylic acids is 1. The third kappa shape index (κ3) is 28.0. The number of carbonyl (C=O) groups is 3. The molecule has 0 aromatic heterocycles. The van der Waals surface area contributed by atoms with Crippen molar-refractivity contribution in [1.29, 1.82) is 0 Å². The Morgan fingerprint density at radius 1 is 0.506 bits per heavy atom. The van der Waals surface area contributed by atoms with E-state index in [0.717, 1.165) is 89.9 Å². The van der Waals surface area contributed by atoms with Crippen LogP contribution in [0.15, 0.2) is 121 Å². The van der Waals surface area contributed by atoms with Crippen molar-refractivity contribution in [3.63, 3.8) is 0 Å². The van der Waals surface area contributed by atoms with Crippen LogP contribution in [-0.4, -0.2) is 61.8 Å². The van der Waals surface area contributed by atoms with E-state index in [9.17, 15) is 40.7 Å². The molecule has 1 N–H and O–H groups in total. The Morgan fingerprint density at radius 2 is 0.889 bits per heavy atom. The molecule has 0 saturated carbocycles. The molecule has 2 rings (SSSR count). The van der Waals surface area contributed by atoms with E-state index in [1.807, 2.05) is 12.2 Å². The van der Waals surface area contributed by atoms with Crippen LogP contribution in [0.25, 0.3) is 0 Å². The Kier molecular flexibility index (Phi) is 36.7. The Morgan fingerprint density at radius 3 is 1.35 bits per heavy atom. The normalized spacial score (nSPS) is 14.1. The van der Waals surface area contributed by atoms with Gasteiger partial charge in [-0.2, -0.15) is 26.3 Å². The van der Waals surface area contributed by atoms with Crippen LogP contribution in [0.3, 0.4) is 0 Å². The number of benzene rings is 2. The zero-order valence-electron chi connectivity index (χ0n) is 47.2. The van der Waals surface area contributed by atoms with E-state index in [2.05, 4.69) is 65.7 Å². The van der Waals surface area contributed by atoms with E-state index in [0.29, 0.717) is 44.9 Å². The number of terminal acetylenes is 1. The number of unbranched alkanes of at least 4 members (excludes halogenated alkanes) is 22. The Labute approximate surface area is 478 Å². The van der Waals surface area contributed by atoms with Gasteiger partial charge in [0.2, 0.25) is 6.10 Å². The SMILES string of the molecule is C#C[C@H](/C=C/CCCCCCC#C[C@@H](C#C/C=C/CC/C=C\CCCC/C=C\CCCCCCCCCCCCCC/C=C\C#CC(=O)O)OC(=O)[C@](OC)(c1ccccc1)C(F)(F)F)OC(=O)[C@](OC)(c1ccccc1)C(F)(F)F. The lowest BCUT2D eigenvalue weighted by atomic mass is 9.92. The number of halogens is 6. The van der Waals surface area contributed by atoms with Gasteiger partial charge in [0.05, 0.1) is 0 Å². The molecule has 81 heavy (non-hydrogen) atoms. The lowest BCUT2D eigenvalue weighted by Crippen LogP contribution is -2.52. The molecule has 0 unspecified atom stereocenters. The fourth-order valence-corrected chi connectivity index (χ4v) is 8.59. The molecule has 2 aromatic carbocycles. The number of carbonyl (C=O) groups excluding carboxylic acids is 2. The van der Waals surface area contributed by atoms with Gasteiger partial charge < -0.3 is 24.1 Å². The van der Waals surface area contributed by atoms with Crippen LogP contribution >= 0.6 is 0 Å². The van der Waals surface area contributed by atoms with E-state index in [1.165, 1.54) is 113 Å². The third-order valence-electron chi connectivity index (χ3n) is 13.0. The first kappa shape index (κ1) is 70.4. The number of esters is 2. The van der Waals surface area contributed by atoms with E-state index in [1.54, 1.807) is 18.2 Å². The van der Waals surface area contributed by atoms with Crippen molar-refractivity contribution in [3.8, 4) is 47.9 Å². The molecule has 0 aliphatic heterocycles. The molecule has 0 bridgehead atoms. The standard InChI is InChI=1S/C67H82F6O8/c1-4-59(80-62(76)64(78-2,66(68,69)70)57-49-41-39-42-50-57)53-45-35-31-29-30-33-37-47-55-60(81-63(77)65(79-3,67(71,72)73)58-51-43-40-44-52-58)54-46-36-32-27-25-23-21-19-17-15-13-11-9-7-5-6-8-10-12-14-16-18-20-22-24-26-28-34-38-48-56-61(74)75/h1,9,11,21,23,32,34,36,38-45,49-53,59-60H,5-8,10,12-20,22,24-31,33,35,37H2,2-3H3,(H,74,75)/b11-9-,23-21-,36-32+,38-34-,53-45+/t59-,60-,64-,65-/m1/s1. The maximum absolute atomic E-state index is 14.6. The molecule has 0 amide bonds. The second kappa shape index (κ2) is 42.2. The molecule has 8 nitrogen and oxygen atoms in total. The molecule has 0 aliphatic rings. The number of ether oxygens (including phenoxy) is 4. The van der Waals surface area contributed by atoms with Crippen molar-refractivity contribution in [3.05, 3.63) is 133 Å². The maximum atomic E-state index is 14.6. The molecular weight excluding hydrogens is 1050 g/mol. The minimum atomic E-state index is -5.18. The Balaban J connectivity index is 1.76. The highest BCUT2D eigenvalue weighted by molar-refractivity contribution is 5.87. The molecule has 0 aliphatic carbocycles.